The van der Waals surface area contributed by atoms with Crippen molar-refractivity contribution < 1.29 is 28.6 Å². The van der Waals surface area contributed by atoms with Gasteiger partial charge in [0.25, 0.3) is 0 Å². The zero-order chi connectivity index (χ0) is 46.5. The zero-order valence-corrected chi connectivity index (χ0v) is 41.3. The van der Waals surface area contributed by atoms with Crippen LogP contribution in [0.2, 0.25) is 0 Å². The standard InChI is InChI=1S/C58H94O6/c1-4-7-10-13-16-19-22-24-26-28-29-31-32-34-36-39-42-45-48-51-57(60)63-54-55(53-62-56(59)50-47-44-41-38-21-18-15-12-9-6-3)64-58(61)52-49-46-43-40-37-35-33-30-27-25-23-20-17-14-11-8-5-2/h7-8,10-11,16-17,19-20,24-27,29,31,33-36,55H,4-6,9,12-15,18,21-23,28,30,32,37-54H2,1-3H3/b10-7-,11-8-,19-16-,20-17-,26-24-,27-25-,31-29-,35-33-,36-34-. The second-order valence-corrected chi connectivity index (χ2v) is 16.7. The van der Waals surface area contributed by atoms with E-state index in [0.717, 1.165) is 135 Å². The molecule has 1 unspecified atom stereocenters. The van der Waals surface area contributed by atoms with E-state index in [0.29, 0.717) is 19.3 Å². The van der Waals surface area contributed by atoms with E-state index in [1.807, 2.05) is 0 Å². The highest BCUT2D eigenvalue weighted by Gasteiger charge is 2.19. The highest BCUT2D eigenvalue weighted by molar-refractivity contribution is 5.71. The third kappa shape index (κ3) is 49.1. The van der Waals surface area contributed by atoms with Crippen LogP contribution in [-0.2, 0) is 28.6 Å². The Morgan fingerprint density at radius 2 is 0.609 bits per heavy atom. The molecule has 362 valence electrons. The molecule has 64 heavy (non-hydrogen) atoms. The van der Waals surface area contributed by atoms with Gasteiger partial charge in [-0.15, -0.1) is 0 Å². The van der Waals surface area contributed by atoms with E-state index in [2.05, 4.69) is 130 Å². The summed E-state index contributed by atoms with van der Waals surface area (Å²) in [7, 11) is 0. The second kappa shape index (κ2) is 51.7. The van der Waals surface area contributed by atoms with Gasteiger partial charge in [-0.2, -0.15) is 0 Å². The van der Waals surface area contributed by atoms with Gasteiger partial charge in [0.2, 0.25) is 0 Å². The molecular weight excluding hydrogens is 793 g/mol. The van der Waals surface area contributed by atoms with Crippen molar-refractivity contribution in [3.05, 3.63) is 109 Å². The first-order valence-corrected chi connectivity index (χ1v) is 25.9. The lowest BCUT2D eigenvalue weighted by molar-refractivity contribution is -0.167. The number of esters is 3. The zero-order valence-electron chi connectivity index (χ0n) is 41.3. The van der Waals surface area contributed by atoms with Gasteiger partial charge < -0.3 is 14.2 Å². The summed E-state index contributed by atoms with van der Waals surface area (Å²) in [4.78, 5) is 37.9. The summed E-state index contributed by atoms with van der Waals surface area (Å²) in [6.45, 7) is 6.34. The van der Waals surface area contributed by atoms with Crippen LogP contribution in [0.25, 0.3) is 0 Å². The first-order valence-electron chi connectivity index (χ1n) is 25.9. The van der Waals surface area contributed by atoms with Crippen molar-refractivity contribution >= 4 is 17.9 Å². The molecule has 0 bridgehead atoms. The molecular formula is C58H94O6. The lowest BCUT2D eigenvalue weighted by Gasteiger charge is -2.18. The first-order chi connectivity index (χ1) is 31.5. The predicted octanol–water partition coefficient (Wildman–Crippen LogP) is 17.1. The average molecular weight is 887 g/mol. The Morgan fingerprint density at radius 1 is 0.328 bits per heavy atom. The van der Waals surface area contributed by atoms with Crippen molar-refractivity contribution in [2.24, 2.45) is 0 Å². The molecule has 0 aliphatic heterocycles. The van der Waals surface area contributed by atoms with E-state index in [9.17, 15) is 14.4 Å². The van der Waals surface area contributed by atoms with E-state index in [1.54, 1.807) is 0 Å². The monoisotopic (exact) mass is 887 g/mol. The third-order valence-electron chi connectivity index (χ3n) is 10.5. The molecule has 0 aromatic carbocycles. The highest BCUT2D eigenvalue weighted by atomic mass is 16.6. The molecule has 0 rings (SSSR count). The quantitative estimate of drug-likeness (QED) is 0.0262. The van der Waals surface area contributed by atoms with E-state index in [1.165, 1.54) is 44.9 Å². The fourth-order valence-electron chi connectivity index (χ4n) is 6.69. The molecule has 0 aliphatic rings. The van der Waals surface area contributed by atoms with Gasteiger partial charge in [-0.3, -0.25) is 14.4 Å². The Hall–Kier alpha value is -3.93. The molecule has 0 saturated heterocycles. The minimum atomic E-state index is -0.804. The van der Waals surface area contributed by atoms with Crippen molar-refractivity contribution in [1.29, 1.82) is 0 Å². The number of unbranched alkanes of at least 4 members (excludes halogenated alkanes) is 16. The maximum absolute atomic E-state index is 12.8. The molecule has 0 aromatic heterocycles. The van der Waals surface area contributed by atoms with Crippen molar-refractivity contribution in [2.45, 2.75) is 226 Å². The lowest BCUT2D eigenvalue weighted by Crippen LogP contribution is -2.30. The second-order valence-electron chi connectivity index (χ2n) is 16.7. The van der Waals surface area contributed by atoms with Crippen LogP contribution < -0.4 is 0 Å². The SMILES string of the molecule is CC/C=C\C/C=C\C/C=C\C/C=C\C/C=C\CCCCCC(=O)OCC(COC(=O)CCCCCCCCCCCC)OC(=O)CCCCCC/C=C\C/C=C\C/C=C\C/C=C\CC. The van der Waals surface area contributed by atoms with Gasteiger partial charge in [0.15, 0.2) is 6.10 Å². The fraction of sp³-hybridized carbons (Fsp3) is 0.638. The summed E-state index contributed by atoms with van der Waals surface area (Å²) in [5.41, 5.74) is 0. The molecule has 0 fully saturated rings. The third-order valence-corrected chi connectivity index (χ3v) is 10.5. The maximum atomic E-state index is 12.8. The van der Waals surface area contributed by atoms with Crippen LogP contribution >= 0.6 is 0 Å². The molecule has 0 aromatic rings. The Labute approximate surface area is 393 Å². The van der Waals surface area contributed by atoms with E-state index < -0.39 is 6.10 Å². The number of hydrogen-bond acceptors (Lipinski definition) is 6. The average Bonchev–Trinajstić information content (AvgIpc) is 3.29. The van der Waals surface area contributed by atoms with E-state index in [4.69, 9.17) is 14.2 Å². The van der Waals surface area contributed by atoms with Crippen LogP contribution in [0.1, 0.15) is 220 Å². The molecule has 0 aliphatic carbocycles. The number of rotatable bonds is 45. The summed E-state index contributed by atoms with van der Waals surface area (Å²) >= 11 is 0. The molecule has 0 heterocycles. The molecule has 0 saturated carbocycles. The normalized spacial score (nSPS) is 13.0. The number of carbonyl (C=O) groups is 3. The van der Waals surface area contributed by atoms with Crippen LogP contribution in [-0.4, -0.2) is 37.2 Å². The minimum absolute atomic E-state index is 0.0995. The Kier molecular flexibility index (Phi) is 48.5. The van der Waals surface area contributed by atoms with Crippen LogP contribution in [0, 0.1) is 0 Å². The van der Waals surface area contributed by atoms with Crippen molar-refractivity contribution in [3.63, 3.8) is 0 Å². The van der Waals surface area contributed by atoms with E-state index >= 15 is 0 Å². The lowest BCUT2D eigenvalue weighted by atomic mass is 10.1. The number of hydrogen-bond donors (Lipinski definition) is 0. The molecule has 0 radical (unpaired) electrons. The molecule has 6 nitrogen and oxygen atoms in total. The van der Waals surface area contributed by atoms with Crippen molar-refractivity contribution in [1.82, 2.24) is 0 Å². The van der Waals surface area contributed by atoms with Crippen LogP contribution in [0.4, 0.5) is 0 Å². The number of allylic oxidation sites excluding steroid dienone is 18. The Balaban J connectivity index is 4.47. The summed E-state index contributed by atoms with van der Waals surface area (Å²) < 4.78 is 16.7. The topological polar surface area (TPSA) is 78.9 Å². The minimum Gasteiger partial charge on any atom is -0.462 e. The largest absolute Gasteiger partial charge is 0.462 e. The van der Waals surface area contributed by atoms with Crippen molar-refractivity contribution in [3.8, 4) is 0 Å². The molecule has 0 amide bonds. The number of carbonyl (C=O) groups excluding carboxylic acids is 3. The molecule has 6 heteroatoms. The maximum Gasteiger partial charge on any atom is 0.306 e. The van der Waals surface area contributed by atoms with Crippen LogP contribution in [0.3, 0.4) is 0 Å². The van der Waals surface area contributed by atoms with Gasteiger partial charge in [0.05, 0.1) is 0 Å². The molecule has 0 spiro atoms. The van der Waals surface area contributed by atoms with Crippen LogP contribution in [0.15, 0.2) is 109 Å². The highest BCUT2D eigenvalue weighted by Crippen LogP contribution is 2.13. The van der Waals surface area contributed by atoms with Gasteiger partial charge in [0.1, 0.15) is 13.2 Å². The summed E-state index contributed by atoms with van der Waals surface area (Å²) in [5, 5.41) is 0. The summed E-state index contributed by atoms with van der Waals surface area (Å²) in [6.07, 6.45) is 69.3. The molecule has 0 N–H and O–H groups in total. The van der Waals surface area contributed by atoms with Gasteiger partial charge in [0, 0.05) is 19.3 Å². The number of ether oxygens (including phenoxy) is 3. The smallest absolute Gasteiger partial charge is 0.306 e. The molecule has 1 atom stereocenters. The van der Waals surface area contributed by atoms with E-state index in [-0.39, 0.29) is 31.1 Å². The van der Waals surface area contributed by atoms with Gasteiger partial charge in [-0.05, 0) is 103 Å². The Bertz CT molecular complexity index is 1340. The van der Waals surface area contributed by atoms with Gasteiger partial charge in [-0.1, -0.05) is 207 Å². The summed E-state index contributed by atoms with van der Waals surface area (Å²) in [6, 6.07) is 0. The van der Waals surface area contributed by atoms with Crippen molar-refractivity contribution in [2.75, 3.05) is 13.2 Å². The summed E-state index contributed by atoms with van der Waals surface area (Å²) in [5.74, 6) is -0.964. The van der Waals surface area contributed by atoms with Gasteiger partial charge >= 0.3 is 17.9 Å². The van der Waals surface area contributed by atoms with Crippen LogP contribution in [0.5, 0.6) is 0 Å². The predicted molar refractivity (Wildman–Crippen MR) is 274 cm³/mol. The Morgan fingerprint density at radius 3 is 0.969 bits per heavy atom. The first kappa shape index (κ1) is 60.1. The van der Waals surface area contributed by atoms with Gasteiger partial charge in [-0.25, -0.2) is 0 Å². The fourth-order valence-corrected chi connectivity index (χ4v) is 6.69.